The third kappa shape index (κ3) is 5.15. The number of carbonyl (C=O) groups is 2. The lowest BCUT2D eigenvalue weighted by molar-refractivity contribution is -0.116. The first kappa shape index (κ1) is 22.2. The van der Waals surface area contributed by atoms with Gasteiger partial charge in [-0.15, -0.1) is 11.3 Å². The van der Waals surface area contributed by atoms with Crippen LogP contribution in [0, 0.1) is 0 Å². The number of benzene rings is 1. The van der Waals surface area contributed by atoms with E-state index in [-0.39, 0.29) is 34.8 Å². The topological polar surface area (TPSA) is 115 Å². The van der Waals surface area contributed by atoms with Crippen molar-refractivity contribution < 1.29 is 27.5 Å². The maximum absolute atomic E-state index is 12.6. The Bertz CT molecular complexity index is 1050. The van der Waals surface area contributed by atoms with Crippen LogP contribution in [-0.4, -0.2) is 45.0 Å². The van der Waals surface area contributed by atoms with Crippen LogP contribution >= 0.6 is 11.3 Å². The van der Waals surface area contributed by atoms with Gasteiger partial charge in [0.2, 0.25) is 15.9 Å². The van der Waals surface area contributed by atoms with Crippen LogP contribution in [-0.2, 0) is 26.2 Å². The van der Waals surface area contributed by atoms with Crippen LogP contribution < -0.4 is 14.4 Å². The summed E-state index contributed by atoms with van der Waals surface area (Å²) < 4.78 is 38.2. The van der Waals surface area contributed by atoms with E-state index in [4.69, 9.17) is 9.47 Å². The number of amides is 1. The molecular weight excluding hydrogens is 430 g/mol. The molecule has 0 saturated heterocycles. The predicted molar refractivity (Wildman–Crippen MR) is 111 cm³/mol. The van der Waals surface area contributed by atoms with Gasteiger partial charge in [0, 0.05) is 24.9 Å². The Labute approximate surface area is 179 Å². The Hall–Kier alpha value is -2.50. The molecule has 1 aliphatic rings. The summed E-state index contributed by atoms with van der Waals surface area (Å²) in [6.07, 6.45) is 1.58. The molecule has 0 aliphatic heterocycles. The molecule has 0 spiro atoms. The van der Waals surface area contributed by atoms with Gasteiger partial charge in [-0.25, -0.2) is 22.9 Å². The molecule has 30 heavy (non-hydrogen) atoms. The van der Waals surface area contributed by atoms with Crippen LogP contribution in [0.15, 0.2) is 28.5 Å². The largest absolute Gasteiger partial charge is 0.495 e. The van der Waals surface area contributed by atoms with Crippen molar-refractivity contribution in [2.45, 2.75) is 44.2 Å². The number of carbonyl (C=O) groups excluding carboxylic acids is 2. The zero-order valence-electron chi connectivity index (χ0n) is 16.9. The standard InChI is InChI=1S/C19H23N3O6S2/c1-4-22(12(2)23)19-20-15(11-29-19)10-28-18(24)13-5-8-16(27-3)17(9-13)30(25,26)21-14-6-7-14/h5,8-9,11,14,21H,4,6-7,10H2,1-3H3. The summed E-state index contributed by atoms with van der Waals surface area (Å²) >= 11 is 1.28. The maximum Gasteiger partial charge on any atom is 0.338 e. The van der Waals surface area contributed by atoms with Crippen LogP contribution in [0.25, 0.3) is 0 Å². The predicted octanol–water partition coefficient (Wildman–Crippen LogP) is 2.32. The van der Waals surface area contributed by atoms with Gasteiger partial charge in [-0.05, 0) is 38.0 Å². The van der Waals surface area contributed by atoms with Crippen molar-refractivity contribution in [3.63, 3.8) is 0 Å². The Balaban J connectivity index is 1.72. The van der Waals surface area contributed by atoms with Crippen LogP contribution in [0.2, 0.25) is 0 Å². The smallest absolute Gasteiger partial charge is 0.338 e. The summed E-state index contributed by atoms with van der Waals surface area (Å²) in [5, 5.41) is 2.23. The number of nitrogens with zero attached hydrogens (tertiary/aromatic N) is 2. The molecule has 3 rings (SSSR count). The van der Waals surface area contributed by atoms with E-state index in [1.807, 2.05) is 6.92 Å². The molecule has 2 aromatic rings. The number of hydrogen-bond donors (Lipinski definition) is 1. The average Bonchev–Trinajstić information content (AvgIpc) is 3.39. The van der Waals surface area contributed by atoms with Gasteiger partial charge in [0.25, 0.3) is 0 Å². The van der Waals surface area contributed by atoms with Crippen LogP contribution in [0.1, 0.15) is 42.7 Å². The number of aromatic nitrogens is 1. The van der Waals surface area contributed by atoms with Crippen molar-refractivity contribution >= 4 is 38.4 Å². The monoisotopic (exact) mass is 453 g/mol. The highest BCUT2D eigenvalue weighted by molar-refractivity contribution is 7.89. The Morgan fingerprint density at radius 2 is 2.07 bits per heavy atom. The maximum atomic E-state index is 12.6. The van der Waals surface area contributed by atoms with Crippen LogP contribution in [0.3, 0.4) is 0 Å². The second-order valence-electron chi connectivity index (χ2n) is 6.72. The molecule has 1 N–H and O–H groups in total. The summed E-state index contributed by atoms with van der Waals surface area (Å²) in [6.45, 7) is 3.69. The lowest BCUT2D eigenvalue weighted by Gasteiger charge is -2.14. The molecule has 1 fully saturated rings. The van der Waals surface area contributed by atoms with Crippen molar-refractivity contribution in [3.05, 3.63) is 34.8 Å². The fourth-order valence-corrected chi connectivity index (χ4v) is 5.12. The fourth-order valence-electron chi connectivity index (χ4n) is 2.70. The molecule has 1 heterocycles. The molecule has 0 atom stereocenters. The lowest BCUT2D eigenvalue weighted by Crippen LogP contribution is -2.27. The number of methoxy groups -OCH3 is 1. The third-order valence-electron chi connectivity index (χ3n) is 4.41. The number of anilines is 1. The van der Waals surface area contributed by atoms with Gasteiger partial charge in [-0.2, -0.15) is 0 Å². The normalized spacial score (nSPS) is 13.7. The third-order valence-corrected chi connectivity index (χ3v) is 6.86. The minimum atomic E-state index is -3.81. The van der Waals surface area contributed by atoms with Gasteiger partial charge in [0.1, 0.15) is 17.3 Å². The zero-order valence-corrected chi connectivity index (χ0v) is 18.5. The number of nitrogens with one attached hydrogen (secondary N) is 1. The number of hydrogen-bond acceptors (Lipinski definition) is 8. The highest BCUT2D eigenvalue weighted by Crippen LogP contribution is 2.29. The quantitative estimate of drug-likeness (QED) is 0.580. The zero-order chi connectivity index (χ0) is 21.9. The summed E-state index contributed by atoms with van der Waals surface area (Å²) in [4.78, 5) is 29.8. The number of thiazole rings is 1. The Morgan fingerprint density at radius 1 is 1.33 bits per heavy atom. The van der Waals surface area contributed by atoms with E-state index in [9.17, 15) is 18.0 Å². The highest BCUT2D eigenvalue weighted by atomic mass is 32.2. The number of rotatable bonds is 9. The number of ether oxygens (including phenoxy) is 2. The first-order valence-electron chi connectivity index (χ1n) is 9.35. The Kier molecular flexibility index (Phi) is 6.74. The van der Waals surface area contributed by atoms with E-state index in [2.05, 4.69) is 9.71 Å². The summed E-state index contributed by atoms with van der Waals surface area (Å²) in [5.74, 6) is -0.663. The van der Waals surface area contributed by atoms with Crippen molar-refractivity contribution in [2.75, 3.05) is 18.6 Å². The molecule has 9 nitrogen and oxygen atoms in total. The molecule has 0 unspecified atom stereocenters. The van der Waals surface area contributed by atoms with E-state index in [1.54, 1.807) is 5.38 Å². The van der Waals surface area contributed by atoms with Gasteiger partial charge in [-0.3, -0.25) is 9.69 Å². The minimum Gasteiger partial charge on any atom is -0.495 e. The van der Waals surface area contributed by atoms with Crippen LogP contribution in [0.4, 0.5) is 5.13 Å². The molecule has 0 radical (unpaired) electrons. The number of sulfonamides is 1. The first-order valence-corrected chi connectivity index (χ1v) is 11.7. The SMILES string of the molecule is CCN(C(C)=O)c1nc(COC(=O)c2ccc(OC)c(S(=O)(=O)NC3CC3)c2)cs1. The second-order valence-corrected chi connectivity index (χ2v) is 9.24. The molecule has 11 heteroatoms. The molecule has 0 bridgehead atoms. The summed E-state index contributed by atoms with van der Waals surface area (Å²) in [7, 11) is -2.45. The summed E-state index contributed by atoms with van der Waals surface area (Å²) in [6, 6.07) is 4.03. The van der Waals surface area contributed by atoms with E-state index in [0.29, 0.717) is 17.4 Å². The van der Waals surface area contributed by atoms with E-state index in [1.165, 1.54) is 48.5 Å². The van der Waals surface area contributed by atoms with Crippen molar-refractivity contribution in [2.24, 2.45) is 0 Å². The molecule has 1 aliphatic carbocycles. The minimum absolute atomic E-state index is 0.0770. The second kappa shape index (κ2) is 9.11. The fraction of sp³-hybridized carbons (Fsp3) is 0.421. The van der Waals surface area contributed by atoms with E-state index in [0.717, 1.165) is 12.8 Å². The summed E-state index contributed by atoms with van der Waals surface area (Å²) in [5.41, 5.74) is 0.584. The van der Waals surface area contributed by atoms with Crippen molar-refractivity contribution in [1.82, 2.24) is 9.71 Å². The molecule has 1 aromatic heterocycles. The van der Waals surface area contributed by atoms with Crippen molar-refractivity contribution in [1.29, 1.82) is 0 Å². The molecule has 1 amide bonds. The van der Waals surface area contributed by atoms with Gasteiger partial charge < -0.3 is 9.47 Å². The van der Waals surface area contributed by atoms with Gasteiger partial charge >= 0.3 is 5.97 Å². The lowest BCUT2D eigenvalue weighted by atomic mass is 10.2. The van der Waals surface area contributed by atoms with E-state index >= 15 is 0 Å². The molecule has 1 aromatic carbocycles. The van der Waals surface area contributed by atoms with Crippen molar-refractivity contribution in [3.8, 4) is 5.75 Å². The van der Waals surface area contributed by atoms with Gasteiger partial charge in [0.05, 0.1) is 18.4 Å². The Morgan fingerprint density at radius 3 is 2.67 bits per heavy atom. The first-order chi connectivity index (χ1) is 14.2. The number of esters is 1. The average molecular weight is 454 g/mol. The van der Waals surface area contributed by atoms with Crippen LogP contribution in [0.5, 0.6) is 5.75 Å². The molecular formula is C19H23N3O6S2. The molecule has 1 saturated carbocycles. The van der Waals surface area contributed by atoms with Gasteiger partial charge in [-0.1, -0.05) is 0 Å². The van der Waals surface area contributed by atoms with E-state index < -0.39 is 16.0 Å². The highest BCUT2D eigenvalue weighted by Gasteiger charge is 2.30. The molecule has 162 valence electrons. The van der Waals surface area contributed by atoms with Gasteiger partial charge in [0.15, 0.2) is 5.13 Å².